The van der Waals surface area contributed by atoms with Gasteiger partial charge in [0.05, 0.1) is 0 Å². The third kappa shape index (κ3) is 3.33. The van der Waals surface area contributed by atoms with Crippen LogP contribution in [-0.2, 0) is 0 Å². The standard InChI is InChI=1S/C28H26N2/c1-19-3-7-21(8-4-19)25-26(22-9-5-20(2)6-10-22)28(24-13-17-30-18-14-24)27(25)23-11-15-29-16-12-23/h3-18,25-28H,1-2H3/t25-,26?,27?,28+/m0/s1. The summed E-state index contributed by atoms with van der Waals surface area (Å²) in [6, 6.07) is 27.0. The van der Waals surface area contributed by atoms with Crippen LogP contribution in [-0.4, -0.2) is 9.97 Å². The van der Waals surface area contributed by atoms with E-state index in [0.29, 0.717) is 23.7 Å². The van der Waals surface area contributed by atoms with Crippen LogP contribution in [0, 0.1) is 13.8 Å². The Morgan fingerprint density at radius 1 is 0.400 bits per heavy atom. The van der Waals surface area contributed by atoms with Crippen molar-refractivity contribution in [2.75, 3.05) is 0 Å². The number of benzene rings is 2. The SMILES string of the molecule is Cc1ccc(C2[C@@H](c3ccncc3)C(c3ccncc3)[C@H]2c2ccc(C)cc2)cc1. The van der Waals surface area contributed by atoms with Crippen LogP contribution in [0.25, 0.3) is 0 Å². The largest absolute Gasteiger partial charge is 0.265 e. The zero-order chi connectivity index (χ0) is 20.5. The van der Waals surface area contributed by atoms with Crippen molar-refractivity contribution in [1.82, 2.24) is 9.97 Å². The molecule has 2 heterocycles. The molecule has 4 atom stereocenters. The third-order valence-corrected chi connectivity index (χ3v) is 6.65. The van der Waals surface area contributed by atoms with E-state index in [-0.39, 0.29) is 0 Å². The molecule has 1 aliphatic rings. The van der Waals surface area contributed by atoms with Gasteiger partial charge in [-0.15, -0.1) is 0 Å². The number of pyridine rings is 2. The maximum absolute atomic E-state index is 4.27. The van der Waals surface area contributed by atoms with Crippen LogP contribution in [0.3, 0.4) is 0 Å². The normalized spacial score (nSPS) is 23.0. The average molecular weight is 391 g/mol. The number of rotatable bonds is 4. The fraction of sp³-hybridized carbons (Fsp3) is 0.214. The van der Waals surface area contributed by atoms with Crippen LogP contribution < -0.4 is 0 Å². The van der Waals surface area contributed by atoms with Crippen molar-refractivity contribution >= 4 is 0 Å². The van der Waals surface area contributed by atoms with E-state index in [1.807, 2.05) is 24.8 Å². The molecule has 0 spiro atoms. The van der Waals surface area contributed by atoms with Gasteiger partial charge in [-0.1, -0.05) is 59.7 Å². The van der Waals surface area contributed by atoms with E-state index in [0.717, 1.165) is 0 Å². The molecule has 0 aliphatic heterocycles. The lowest BCUT2D eigenvalue weighted by Gasteiger charge is -2.53. The van der Waals surface area contributed by atoms with Crippen LogP contribution in [0.1, 0.15) is 57.1 Å². The van der Waals surface area contributed by atoms with E-state index in [1.165, 1.54) is 33.4 Å². The van der Waals surface area contributed by atoms with Crippen LogP contribution >= 0.6 is 0 Å². The quantitative estimate of drug-likeness (QED) is 0.395. The van der Waals surface area contributed by atoms with Gasteiger partial charge in [0.15, 0.2) is 0 Å². The second-order valence-electron chi connectivity index (χ2n) is 8.49. The van der Waals surface area contributed by atoms with Gasteiger partial charge >= 0.3 is 0 Å². The minimum Gasteiger partial charge on any atom is -0.265 e. The van der Waals surface area contributed by atoms with Gasteiger partial charge in [0.2, 0.25) is 0 Å². The first-order valence-electron chi connectivity index (χ1n) is 10.7. The second-order valence-corrected chi connectivity index (χ2v) is 8.49. The first-order chi connectivity index (χ1) is 14.7. The summed E-state index contributed by atoms with van der Waals surface area (Å²) in [5.74, 6) is 1.66. The summed E-state index contributed by atoms with van der Waals surface area (Å²) in [4.78, 5) is 8.54. The maximum atomic E-state index is 4.27. The van der Waals surface area contributed by atoms with Gasteiger partial charge < -0.3 is 0 Å². The molecule has 5 rings (SSSR count). The molecule has 4 aromatic rings. The first-order valence-corrected chi connectivity index (χ1v) is 10.7. The summed E-state index contributed by atoms with van der Waals surface area (Å²) >= 11 is 0. The van der Waals surface area contributed by atoms with Gasteiger partial charge in [-0.25, -0.2) is 0 Å². The van der Waals surface area contributed by atoms with E-state index < -0.39 is 0 Å². The number of aromatic nitrogens is 2. The molecule has 1 aliphatic carbocycles. The maximum Gasteiger partial charge on any atom is 0.0270 e. The van der Waals surface area contributed by atoms with Crippen LogP contribution in [0.2, 0.25) is 0 Å². The van der Waals surface area contributed by atoms with Crippen molar-refractivity contribution in [1.29, 1.82) is 0 Å². The Morgan fingerprint density at radius 2 is 0.667 bits per heavy atom. The molecule has 0 radical (unpaired) electrons. The average Bonchev–Trinajstić information content (AvgIpc) is 2.77. The van der Waals surface area contributed by atoms with Gasteiger partial charge in [-0.3, -0.25) is 9.97 Å². The Hall–Kier alpha value is -3.26. The summed E-state index contributed by atoms with van der Waals surface area (Å²) in [7, 11) is 0. The Bertz CT molecular complexity index is 1010. The summed E-state index contributed by atoms with van der Waals surface area (Å²) < 4.78 is 0. The minimum absolute atomic E-state index is 0.407. The predicted molar refractivity (Wildman–Crippen MR) is 122 cm³/mol. The number of hydrogen-bond acceptors (Lipinski definition) is 2. The van der Waals surface area contributed by atoms with Crippen molar-refractivity contribution < 1.29 is 0 Å². The molecule has 0 N–H and O–H groups in total. The van der Waals surface area contributed by atoms with E-state index in [1.54, 1.807) is 0 Å². The van der Waals surface area contributed by atoms with Gasteiger partial charge in [-0.2, -0.15) is 0 Å². The molecular weight excluding hydrogens is 364 g/mol. The zero-order valence-electron chi connectivity index (χ0n) is 17.4. The molecule has 2 aromatic heterocycles. The van der Waals surface area contributed by atoms with E-state index >= 15 is 0 Å². The molecule has 1 fully saturated rings. The van der Waals surface area contributed by atoms with Gasteiger partial charge in [-0.05, 0) is 84.0 Å². The van der Waals surface area contributed by atoms with Crippen LogP contribution in [0.4, 0.5) is 0 Å². The Kier molecular flexibility index (Phi) is 4.92. The lowest BCUT2D eigenvalue weighted by molar-refractivity contribution is 0.228. The third-order valence-electron chi connectivity index (χ3n) is 6.65. The highest BCUT2D eigenvalue weighted by atomic mass is 14.6. The number of hydrogen-bond donors (Lipinski definition) is 0. The second kappa shape index (κ2) is 7.87. The monoisotopic (exact) mass is 390 g/mol. The van der Waals surface area contributed by atoms with Gasteiger partial charge in [0, 0.05) is 24.8 Å². The Balaban J connectivity index is 1.67. The molecule has 2 unspecified atom stereocenters. The van der Waals surface area contributed by atoms with Gasteiger partial charge in [0.25, 0.3) is 0 Å². The fourth-order valence-corrected chi connectivity index (χ4v) is 5.16. The Morgan fingerprint density at radius 3 is 0.967 bits per heavy atom. The van der Waals surface area contributed by atoms with Crippen molar-refractivity contribution in [3.8, 4) is 0 Å². The summed E-state index contributed by atoms with van der Waals surface area (Å²) in [6.45, 7) is 4.31. The van der Waals surface area contributed by atoms with Gasteiger partial charge in [0.1, 0.15) is 0 Å². The molecule has 2 heteroatoms. The highest BCUT2D eigenvalue weighted by Gasteiger charge is 2.52. The molecule has 0 bridgehead atoms. The molecule has 2 aromatic carbocycles. The minimum atomic E-state index is 0.407. The molecule has 30 heavy (non-hydrogen) atoms. The molecule has 2 nitrogen and oxygen atoms in total. The lowest BCUT2D eigenvalue weighted by atomic mass is 9.49. The van der Waals surface area contributed by atoms with Crippen molar-refractivity contribution in [3.05, 3.63) is 131 Å². The fourth-order valence-electron chi connectivity index (χ4n) is 5.16. The van der Waals surface area contributed by atoms with E-state index in [9.17, 15) is 0 Å². The van der Waals surface area contributed by atoms with Crippen LogP contribution in [0.5, 0.6) is 0 Å². The van der Waals surface area contributed by atoms with Crippen LogP contribution in [0.15, 0.2) is 97.6 Å². The summed E-state index contributed by atoms with van der Waals surface area (Å²) in [6.07, 6.45) is 7.68. The summed E-state index contributed by atoms with van der Waals surface area (Å²) in [5, 5.41) is 0. The smallest absolute Gasteiger partial charge is 0.0270 e. The van der Waals surface area contributed by atoms with E-state index in [2.05, 4.69) is 96.6 Å². The first kappa shape index (κ1) is 18.7. The number of nitrogens with zero attached hydrogens (tertiary/aromatic N) is 2. The Labute approximate surface area is 178 Å². The van der Waals surface area contributed by atoms with E-state index in [4.69, 9.17) is 0 Å². The zero-order valence-corrected chi connectivity index (χ0v) is 17.4. The molecule has 148 valence electrons. The topological polar surface area (TPSA) is 25.8 Å². The molecule has 0 amide bonds. The number of aryl methyl sites for hydroxylation is 2. The molecular formula is C28H26N2. The van der Waals surface area contributed by atoms with Crippen molar-refractivity contribution in [2.24, 2.45) is 0 Å². The van der Waals surface area contributed by atoms with Crippen molar-refractivity contribution in [2.45, 2.75) is 37.5 Å². The summed E-state index contributed by atoms with van der Waals surface area (Å²) in [5.41, 5.74) is 8.16. The highest BCUT2D eigenvalue weighted by Crippen LogP contribution is 2.66. The highest BCUT2D eigenvalue weighted by molar-refractivity contribution is 5.48. The molecule has 0 saturated heterocycles. The lowest BCUT2D eigenvalue weighted by Crippen LogP contribution is -2.40. The molecule has 1 saturated carbocycles. The predicted octanol–water partition coefficient (Wildman–Crippen LogP) is 6.54. The van der Waals surface area contributed by atoms with Crippen molar-refractivity contribution in [3.63, 3.8) is 0 Å².